The van der Waals surface area contributed by atoms with Gasteiger partial charge in [0.05, 0.1) is 0 Å². The van der Waals surface area contributed by atoms with Gasteiger partial charge in [0.2, 0.25) is 0 Å². The van der Waals surface area contributed by atoms with Crippen molar-refractivity contribution in [3.05, 3.63) is 64.1 Å². The molecule has 1 aromatic heterocycles. The summed E-state index contributed by atoms with van der Waals surface area (Å²) in [7, 11) is 1.65. The molecule has 2 N–H and O–H groups in total. The van der Waals surface area contributed by atoms with Crippen molar-refractivity contribution in [2.75, 3.05) is 11.9 Å². The highest BCUT2D eigenvalue weighted by atomic mass is 16.3. The highest BCUT2D eigenvalue weighted by Crippen LogP contribution is 2.14. The fourth-order valence-electron chi connectivity index (χ4n) is 2.60. The van der Waals surface area contributed by atoms with E-state index in [1.165, 1.54) is 4.57 Å². The van der Waals surface area contributed by atoms with E-state index in [4.69, 9.17) is 0 Å². The summed E-state index contributed by atoms with van der Waals surface area (Å²) < 4.78 is 1.43. The number of hydrogen-bond donors (Lipinski definition) is 2. The normalized spacial score (nSPS) is 11.8. The average Bonchev–Trinajstić information content (AvgIpc) is 2.61. The molecule has 0 saturated heterocycles. The molecule has 6 nitrogen and oxygen atoms in total. The van der Waals surface area contributed by atoms with Gasteiger partial charge in [0.1, 0.15) is 5.69 Å². The molecule has 2 aromatic rings. The SMILES string of the molecule is Cc1ccn(C)c(=O)c1NC(=O)N(Cc1ccccc1)C(C)CCO. The van der Waals surface area contributed by atoms with E-state index >= 15 is 0 Å². The molecule has 1 atom stereocenters. The molecule has 1 heterocycles. The van der Waals surface area contributed by atoms with E-state index in [9.17, 15) is 14.7 Å². The minimum absolute atomic E-state index is 0.00807. The molecule has 0 fully saturated rings. The lowest BCUT2D eigenvalue weighted by Crippen LogP contribution is -2.42. The van der Waals surface area contributed by atoms with Crippen LogP contribution in [0.2, 0.25) is 0 Å². The molecule has 0 aliphatic rings. The molecule has 0 aliphatic heterocycles. The number of amides is 2. The van der Waals surface area contributed by atoms with Crippen LogP contribution in [-0.4, -0.2) is 33.3 Å². The quantitative estimate of drug-likeness (QED) is 0.846. The fourth-order valence-corrected chi connectivity index (χ4v) is 2.60. The number of hydrogen-bond acceptors (Lipinski definition) is 3. The van der Waals surface area contributed by atoms with E-state index < -0.39 is 0 Å². The topological polar surface area (TPSA) is 74.6 Å². The summed E-state index contributed by atoms with van der Waals surface area (Å²) in [5.74, 6) is 0. The van der Waals surface area contributed by atoms with Crippen molar-refractivity contribution in [1.29, 1.82) is 0 Å². The number of urea groups is 1. The molecular weight excluding hydrogens is 318 g/mol. The lowest BCUT2D eigenvalue weighted by Gasteiger charge is -2.29. The van der Waals surface area contributed by atoms with Gasteiger partial charge >= 0.3 is 6.03 Å². The first kappa shape index (κ1) is 18.7. The van der Waals surface area contributed by atoms with Crippen LogP contribution in [0.15, 0.2) is 47.4 Å². The number of aliphatic hydroxyl groups excluding tert-OH is 1. The second-order valence-corrected chi connectivity index (χ2v) is 6.19. The van der Waals surface area contributed by atoms with Crippen molar-refractivity contribution in [1.82, 2.24) is 9.47 Å². The Morgan fingerprint density at radius 2 is 1.96 bits per heavy atom. The largest absolute Gasteiger partial charge is 0.396 e. The van der Waals surface area contributed by atoms with Crippen molar-refractivity contribution in [3.8, 4) is 0 Å². The smallest absolute Gasteiger partial charge is 0.322 e. The third kappa shape index (κ3) is 4.70. The van der Waals surface area contributed by atoms with Crippen LogP contribution in [0.25, 0.3) is 0 Å². The van der Waals surface area contributed by atoms with Gasteiger partial charge in [0.25, 0.3) is 5.56 Å². The molecule has 1 aromatic carbocycles. The van der Waals surface area contributed by atoms with Crippen molar-refractivity contribution < 1.29 is 9.90 Å². The predicted octanol–water partition coefficient (Wildman–Crippen LogP) is 2.50. The van der Waals surface area contributed by atoms with Crippen molar-refractivity contribution >= 4 is 11.7 Å². The van der Waals surface area contributed by atoms with E-state index in [2.05, 4.69) is 5.32 Å². The summed E-state index contributed by atoms with van der Waals surface area (Å²) in [6.45, 7) is 4.07. The molecule has 25 heavy (non-hydrogen) atoms. The van der Waals surface area contributed by atoms with Gasteiger partial charge in [-0.1, -0.05) is 30.3 Å². The third-order valence-corrected chi connectivity index (χ3v) is 4.24. The van der Waals surface area contributed by atoms with E-state index in [0.29, 0.717) is 18.5 Å². The maximum Gasteiger partial charge on any atom is 0.322 e. The number of nitrogens with one attached hydrogen (secondary N) is 1. The standard InChI is InChI=1S/C19H25N3O3/c1-14-9-11-21(3)18(24)17(14)20-19(25)22(15(2)10-12-23)13-16-7-5-4-6-8-16/h4-9,11,15,23H,10,12-13H2,1-3H3,(H,20,25). The first-order valence-corrected chi connectivity index (χ1v) is 8.32. The van der Waals surface area contributed by atoms with Crippen LogP contribution < -0.4 is 10.9 Å². The summed E-state index contributed by atoms with van der Waals surface area (Å²) in [4.78, 5) is 26.8. The molecule has 1 unspecified atom stereocenters. The Hall–Kier alpha value is -2.60. The van der Waals surface area contributed by atoms with Gasteiger partial charge in [0.15, 0.2) is 0 Å². The second-order valence-electron chi connectivity index (χ2n) is 6.19. The molecule has 2 amide bonds. The lowest BCUT2D eigenvalue weighted by atomic mass is 10.1. The molecule has 6 heteroatoms. The maximum atomic E-state index is 12.8. The van der Waals surface area contributed by atoms with Gasteiger partial charge in [0, 0.05) is 32.4 Å². The van der Waals surface area contributed by atoms with Crippen LogP contribution >= 0.6 is 0 Å². The van der Waals surface area contributed by atoms with E-state index in [0.717, 1.165) is 5.56 Å². The fraction of sp³-hybridized carbons (Fsp3) is 0.368. The van der Waals surface area contributed by atoms with Crippen LogP contribution in [-0.2, 0) is 13.6 Å². The number of carbonyl (C=O) groups excluding carboxylic acids is 1. The van der Waals surface area contributed by atoms with Gasteiger partial charge in [-0.2, -0.15) is 0 Å². The molecular formula is C19H25N3O3. The summed E-state index contributed by atoms with van der Waals surface area (Å²) in [6, 6.07) is 10.9. The summed E-state index contributed by atoms with van der Waals surface area (Å²) in [6.07, 6.45) is 2.13. The maximum absolute atomic E-state index is 12.8. The number of benzene rings is 1. The third-order valence-electron chi connectivity index (χ3n) is 4.24. The first-order valence-electron chi connectivity index (χ1n) is 8.32. The Bertz CT molecular complexity index is 771. The highest BCUT2D eigenvalue weighted by Gasteiger charge is 2.22. The number of nitrogens with zero attached hydrogens (tertiary/aromatic N) is 2. The monoisotopic (exact) mass is 343 g/mol. The van der Waals surface area contributed by atoms with Crippen molar-refractivity contribution in [2.24, 2.45) is 7.05 Å². The zero-order valence-electron chi connectivity index (χ0n) is 14.9. The summed E-state index contributed by atoms with van der Waals surface area (Å²) in [5, 5.41) is 12.0. The molecule has 0 bridgehead atoms. The predicted molar refractivity (Wildman–Crippen MR) is 98.6 cm³/mol. The first-order chi connectivity index (χ1) is 11.9. The van der Waals surface area contributed by atoms with Crippen LogP contribution in [0, 0.1) is 6.92 Å². The number of aliphatic hydroxyl groups is 1. The van der Waals surface area contributed by atoms with Crippen molar-refractivity contribution in [3.63, 3.8) is 0 Å². The Morgan fingerprint density at radius 3 is 2.60 bits per heavy atom. The Kier molecular flexibility index (Phi) is 6.36. The van der Waals surface area contributed by atoms with Crippen molar-refractivity contribution in [2.45, 2.75) is 32.9 Å². The van der Waals surface area contributed by atoms with Crippen LogP contribution in [0.1, 0.15) is 24.5 Å². The number of pyridine rings is 1. The Morgan fingerprint density at radius 1 is 1.28 bits per heavy atom. The van der Waals surface area contributed by atoms with Gasteiger partial charge in [-0.3, -0.25) is 4.79 Å². The molecule has 0 saturated carbocycles. The molecule has 134 valence electrons. The number of anilines is 1. The van der Waals surface area contributed by atoms with Gasteiger partial charge in [-0.05, 0) is 37.5 Å². The molecule has 0 aliphatic carbocycles. The lowest BCUT2D eigenvalue weighted by molar-refractivity contribution is 0.169. The zero-order chi connectivity index (χ0) is 18.4. The number of rotatable bonds is 6. The second kappa shape index (κ2) is 8.48. The Balaban J connectivity index is 2.26. The number of aryl methyl sites for hydroxylation is 2. The minimum atomic E-state index is -0.351. The van der Waals surface area contributed by atoms with Gasteiger partial charge in [-0.15, -0.1) is 0 Å². The molecule has 0 spiro atoms. The Labute approximate surface area is 147 Å². The van der Waals surface area contributed by atoms with E-state index in [1.54, 1.807) is 31.1 Å². The highest BCUT2D eigenvalue weighted by molar-refractivity contribution is 5.90. The van der Waals surface area contributed by atoms with Gasteiger partial charge < -0.3 is 19.9 Å². The minimum Gasteiger partial charge on any atom is -0.396 e. The average molecular weight is 343 g/mol. The van der Waals surface area contributed by atoms with E-state index in [1.807, 2.05) is 37.3 Å². The van der Waals surface area contributed by atoms with Crippen LogP contribution in [0.5, 0.6) is 0 Å². The van der Waals surface area contributed by atoms with Crippen LogP contribution in [0.3, 0.4) is 0 Å². The summed E-state index contributed by atoms with van der Waals surface area (Å²) in [5.41, 5.74) is 1.73. The number of aromatic nitrogens is 1. The van der Waals surface area contributed by atoms with Gasteiger partial charge in [-0.25, -0.2) is 4.79 Å². The van der Waals surface area contributed by atoms with E-state index in [-0.39, 0.29) is 29.9 Å². The van der Waals surface area contributed by atoms with Crippen LogP contribution in [0.4, 0.5) is 10.5 Å². The zero-order valence-corrected chi connectivity index (χ0v) is 14.9. The molecule has 2 rings (SSSR count). The number of carbonyl (C=O) groups is 1. The molecule has 0 radical (unpaired) electrons. The summed E-state index contributed by atoms with van der Waals surface area (Å²) >= 11 is 0.